The van der Waals surface area contributed by atoms with Crippen molar-refractivity contribution in [3.05, 3.63) is 28.8 Å². The summed E-state index contributed by atoms with van der Waals surface area (Å²) in [6.07, 6.45) is 2.18. The quantitative estimate of drug-likeness (QED) is 0.829. The van der Waals surface area contributed by atoms with Gasteiger partial charge in [0.25, 0.3) is 0 Å². The maximum absolute atomic E-state index is 13.0. The third-order valence-electron chi connectivity index (χ3n) is 5.02. The van der Waals surface area contributed by atoms with E-state index >= 15 is 0 Å². The van der Waals surface area contributed by atoms with Crippen LogP contribution < -0.4 is 5.73 Å². The summed E-state index contributed by atoms with van der Waals surface area (Å²) < 4.78 is 27.0. The molecule has 8 heteroatoms. The lowest BCUT2D eigenvalue weighted by molar-refractivity contribution is -0.126. The molecule has 0 unspecified atom stereocenters. The Kier molecular flexibility index (Phi) is 4.74. The molecule has 24 heavy (non-hydrogen) atoms. The SMILES string of the molecule is Cc1cc(S(=O)(=O)N(C)C2(C(N)=O)CCCC2)cc(C(=O)O)c1C. The number of carboxylic acid groups (broad SMARTS) is 1. The molecule has 1 aromatic rings. The van der Waals surface area contributed by atoms with Crippen molar-refractivity contribution in [3.63, 3.8) is 0 Å². The first kappa shape index (κ1) is 18.4. The lowest BCUT2D eigenvalue weighted by atomic mass is 9.97. The molecule has 2 rings (SSSR count). The third-order valence-corrected chi connectivity index (χ3v) is 6.92. The van der Waals surface area contributed by atoms with Crippen molar-refractivity contribution < 1.29 is 23.1 Å². The van der Waals surface area contributed by atoms with Gasteiger partial charge in [0.05, 0.1) is 10.5 Å². The Bertz CT molecular complexity index is 795. The van der Waals surface area contributed by atoms with Crippen LogP contribution in [0.15, 0.2) is 17.0 Å². The fraction of sp³-hybridized carbons (Fsp3) is 0.500. The highest BCUT2D eigenvalue weighted by molar-refractivity contribution is 7.89. The van der Waals surface area contributed by atoms with Gasteiger partial charge in [0.15, 0.2) is 0 Å². The number of primary amides is 1. The zero-order chi connectivity index (χ0) is 18.3. The average Bonchev–Trinajstić information content (AvgIpc) is 2.99. The Morgan fingerprint density at radius 2 is 1.75 bits per heavy atom. The van der Waals surface area contributed by atoms with Crippen molar-refractivity contribution >= 4 is 21.9 Å². The van der Waals surface area contributed by atoms with Crippen LogP contribution in [0.1, 0.15) is 47.2 Å². The van der Waals surface area contributed by atoms with Crippen molar-refractivity contribution in [3.8, 4) is 0 Å². The van der Waals surface area contributed by atoms with Gasteiger partial charge in [-0.3, -0.25) is 4.79 Å². The molecule has 1 aromatic carbocycles. The number of sulfonamides is 1. The van der Waals surface area contributed by atoms with E-state index in [0.29, 0.717) is 24.0 Å². The van der Waals surface area contributed by atoms with Crippen molar-refractivity contribution in [2.24, 2.45) is 5.73 Å². The van der Waals surface area contributed by atoms with Crippen LogP contribution in [0, 0.1) is 13.8 Å². The molecule has 132 valence electrons. The Morgan fingerprint density at radius 3 is 2.21 bits per heavy atom. The monoisotopic (exact) mass is 354 g/mol. The Morgan fingerprint density at radius 1 is 1.21 bits per heavy atom. The molecular formula is C16H22N2O5S. The van der Waals surface area contributed by atoms with E-state index in [0.717, 1.165) is 23.2 Å². The zero-order valence-electron chi connectivity index (χ0n) is 14.0. The number of hydrogen-bond acceptors (Lipinski definition) is 4. The molecule has 0 atom stereocenters. The van der Waals surface area contributed by atoms with Gasteiger partial charge in [0.2, 0.25) is 15.9 Å². The van der Waals surface area contributed by atoms with Gasteiger partial charge in [-0.2, -0.15) is 4.31 Å². The number of likely N-dealkylation sites (N-methyl/N-ethyl adjacent to an activating group) is 1. The average molecular weight is 354 g/mol. The van der Waals surface area contributed by atoms with Crippen LogP contribution in [0.5, 0.6) is 0 Å². The molecule has 0 radical (unpaired) electrons. The van der Waals surface area contributed by atoms with E-state index < -0.39 is 27.4 Å². The number of amides is 1. The molecule has 7 nitrogen and oxygen atoms in total. The second-order valence-electron chi connectivity index (χ2n) is 6.29. The molecule has 0 saturated heterocycles. The van der Waals surface area contributed by atoms with Crippen molar-refractivity contribution in [2.45, 2.75) is 50.0 Å². The summed E-state index contributed by atoms with van der Waals surface area (Å²) in [6.45, 7) is 3.28. The van der Waals surface area contributed by atoms with Gasteiger partial charge < -0.3 is 10.8 Å². The van der Waals surface area contributed by atoms with Gasteiger partial charge in [0.1, 0.15) is 5.54 Å². The van der Waals surface area contributed by atoms with Crippen molar-refractivity contribution in [1.29, 1.82) is 0 Å². The molecule has 1 aliphatic carbocycles. The third kappa shape index (κ3) is 2.80. The number of benzene rings is 1. The number of aromatic carboxylic acids is 1. The molecule has 1 fully saturated rings. The van der Waals surface area contributed by atoms with Gasteiger partial charge in [-0.15, -0.1) is 0 Å². The smallest absolute Gasteiger partial charge is 0.336 e. The summed E-state index contributed by atoms with van der Waals surface area (Å²) in [7, 11) is -2.72. The van der Waals surface area contributed by atoms with Crippen LogP contribution in [0.3, 0.4) is 0 Å². The van der Waals surface area contributed by atoms with E-state index in [2.05, 4.69) is 0 Å². The second-order valence-corrected chi connectivity index (χ2v) is 8.26. The van der Waals surface area contributed by atoms with E-state index in [1.165, 1.54) is 13.1 Å². The van der Waals surface area contributed by atoms with Gasteiger partial charge in [-0.25, -0.2) is 13.2 Å². The molecule has 3 N–H and O–H groups in total. The molecule has 1 aliphatic rings. The minimum absolute atomic E-state index is 0.0680. The molecule has 1 amide bonds. The number of carbonyl (C=O) groups is 2. The Balaban J connectivity index is 2.58. The molecule has 0 heterocycles. The predicted octanol–water partition coefficient (Wildman–Crippen LogP) is 1.42. The first-order valence-electron chi connectivity index (χ1n) is 7.67. The highest BCUT2D eigenvalue weighted by atomic mass is 32.2. The largest absolute Gasteiger partial charge is 0.478 e. The Labute approximate surface area is 141 Å². The number of nitrogens with zero attached hydrogens (tertiary/aromatic N) is 1. The maximum atomic E-state index is 13.0. The fourth-order valence-electron chi connectivity index (χ4n) is 3.26. The highest BCUT2D eigenvalue weighted by Gasteiger charge is 2.48. The van der Waals surface area contributed by atoms with Gasteiger partial charge in [-0.05, 0) is 49.9 Å². The molecule has 0 bridgehead atoms. The first-order chi connectivity index (χ1) is 11.0. The number of carbonyl (C=O) groups excluding carboxylic acids is 1. The normalized spacial score (nSPS) is 17.2. The second kappa shape index (κ2) is 6.18. The topological polar surface area (TPSA) is 118 Å². The lowest BCUT2D eigenvalue weighted by Crippen LogP contribution is -2.56. The van der Waals surface area contributed by atoms with E-state index in [1.807, 2.05) is 0 Å². The van der Waals surface area contributed by atoms with E-state index in [9.17, 15) is 23.1 Å². The molecule has 0 aromatic heterocycles. The van der Waals surface area contributed by atoms with E-state index in [-0.39, 0.29) is 10.5 Å². The summed E-state index contributed by atoms with van der Waals surface area (Å²) in [4.78, 5) is 23.2. The van der Waals surface area contributed by atoms with E-state index in [1.54, 1.807) is 13.8 Å². The lowest BCUT2D eigenvalue weighted by Gasteiger charge is -2.35. The standard InChI is InChI=1S/C16H22N2O5S/c1-10-8-12(9-13(11(10)2)14(19)20)24(22,23)18(3)16(15(17)21)6-4-5-7-16/h8-9H,4-7H2,1-3H3,(H2,17,21)(H,19,20). The maximum Gasteiger partial charge on any atom is 0.336 e. The van der Waals surface area contributed by atoms with Crippen LogP contribution in [-0.2, 0) is 14.8 Å². The Hall–Kier alpha value is -1.93. The van der Waals surface area contributed by atoms with Crippen LogP contribution >= 0.6 is 0 Å². The van der Waals surface area contributed by atoms with Crippen LogP contribution in [0.2, 0.25) is 0 Å². The summed E-state index contributed by atoms with van der Waals surface area (Å²) in [5.41, 5.74) is 5.25. The summed E-state index contributed by atoms with van der Waals surface area (Å²) in [6, 6.07) is 2.57. The number of rotatable bonds is 5. The van der Waals surface area contributed by atoms with Crippen LogP contribution in [-0.4, -0.2) is 42.3 Å². The van der Waals surface area contributed by atoms with Gasteiger partial charge in [-0.1, -0.05) is 12.8 Å². The van der Waals surface area contributed by atoms with Crippen LogP contribution in [0.25, 0.3) is 0 Å². The van der Waals surface area contributed by atoms with Crippen molar-refractivity contribution in [2.75, 3.05) is 7.05 Å². The first-order valence-corrected chi connectivity index (χ1v) is 9.11. The molecule has 1 saturated carbocycles. The summed E-state index contributed by atoms with van der Waals surface area (Å²) >= 11 is 0. The van der Waals surface area contributed by atoms with Gasteiger partial charge in [0, 0.05) is 7.05 Å². The molecular weight excluding hydrogens is 332 g/mol. The number of aryl methyl sites for hydroxylation is 1. The molecule has 0 spiro atoms. The van der Waals surface area contributed by atoms with Crippen molar-refractivity contribution in [1.82, 2.24) is 4.31 Å². The summed E-state index contributed by atoms with van der Waals surface area (Å²) in [5, 5.41) is 9.29. The van der Waals surface area contributed by atoms with E-state index in [4.69, 9.17) is 5.73 Å². The fourth-order valence-corrected chi connectivity index (χ4v) is 4.90. The number of hydrogen-bond donors (Lipinski definition) is 2. The zero-order valence-corrected chi connectivity index (χ0v) is 14.8. The minimum atomic E-state index is -4.05. The number of nitrogens with two attached hydrogens (primary N) is 1. The summed E-state index contributed by atoms with van der Waals surface area (Å²) in [5.74, 6) is -1.87. The minimum Gasteiger partial charge on any atom is -0.478 e. The van der Waals surface area contributed by atoms with Gasteiger partial charge >= 0.3 is 5.97 Å². The van der Waals surface area contributed by atoms with Crippen LogP contribution in [0.4, 0.5) is 0 Å². The number of carboxylic acids is 1. The highest BCUT2D eigenvalue weighted by Crippen LogP contribution is 2.37. The predicted molar refractivity (Wildman–Crippen MR) is 88.2 cm³/mol. The molecule has 0 aliphatic heterocycles.